The standard InChI is InChI=1S/C16H25N3O/c1-3-13-5-4-6-14(11-13)12-17-16(20)18-15-7-9-19(2)10-8-15/h4-6,11,15H,3,7-10,12H2,1-2H3,(H2,17,18,20). The van der Waals surface area contributed by atoms with Gasteiger partial charge in [0.25, 0.3) is 0 Å². The molecule has 0 unspecified atom stereocenters. The summed E-state index contributed by atoms with van der Waals surface area (Å²) < 4.78 is 0. The van der Waals surface area contributed by atoms with Crippen LogP contribution in [-0.4, -0.2) is 37.1 Å². The predicted molar refractivity (Wildman–Crippen MR) is 81.7 cm³/mol. The Morgan fingerprint density at radius 2 is 2.00 bits per heavy atom. The number of likely N-dealkylation sites (tertiary alicyclic amines) is 1. The Morgan fingerprint density at radius 3 is 2.70 bits per heavy atom. The molecule has 0 bridgehead atoms. The van der Waals surface area contributed by atoms with Crippen LogP contribution in [-0.2, 0) is 13.0 Å². The smallest absolute Gasteiger partial charge is 0.315 e. The second kappa shape index (κ2) is 7.29. The first-order valence-corrected chi connectivity index (χ1v) is 7.48. The van der Waals surface area contributed by atoms with Gasteiger partial charge in [-0.3, -0.25) is 0 Å². The van der Waals surface area contributed by atoms with E-state index in [1.165, 1.54) is 5.56 Å². The number of hydrogen-bond acceptors (Lipinski definition) is 2. The van der Waals surface area contributed by atoms with Crippen LogP contribution in [0.25, 0.3) is 0 Å². The molecule has 2 amide bonds. The van der Waals surface area contributed by atoms with Gasteiger partial charge < -0.3 is 15.5 Å². The highest BCUT2D eigenvalue weighted by atomic mass is 16.2. The van der Waals surface area contributed by atoms with Crippen LogP contribution in [0.5, 0.6) is 0 Å². The van der Waals surface area contributed by atoms with Crippen molar-refractivity contribution in [3.8, 4) is 0 Å². The second-order valence-corrected chi connectivity index (χ2v) is 5.58. The van der Waals surface area contributed by atoms with E-state index < -0.39 is 0 Å². The zero-order valence-corrected chi connectivity index (χ0v) is 12.5. The number of rotatable bonds is 4. The van der Waals surface area contributed by atoms with E-state index in [2.05, 4.69) is 47.7 Å². The van der Waals surface area contributed by atoms with Crippen molar-refractivity contribution in [2.75, 3.05) is 20.1 Å². The van der Waals surface area contributed by atoms with Crippen molar-refractivity contribution in [3.63, 3.8) is 0 Å². The third-order valence-electron chi connectivity index (χ3n) is 3.91. The highest BCUT2D eigenvalue weighted by Gasteiger charge is 2.17. The van der Waals surface area contributed by atoms with Gasteiger partial charge in [0.15, 0.2) is 0 Å². The molecular formula is C16H25N3O. The summed E-state index contributed by atoms with van der Waals surface area (Å²) in [5.41, 5.74) is 2.46. The Morgan fingerprint density at radius 1 is 1.30 bits per heavy atom. The topological polar surface area (TPSA) is 44.4 Å². The lowest BCUT2D eigenvalue weighted by molar-refractivity contribution is 0.213. The molecule has 1 aliphatic heterocycles. The van der Waals surface area contributed by atoms with Crippen molar-refractivity contribution in [2.24, 2.45) is 0 Å². The van der Waals surface area contributed by atoms with E-state index in [1.807, 2.05) is 6.07 Å². The van der Waals surface area contributed by atoms with Gasteiger partial charge in [0.1, 0.15) is 0 Å². The number of nitrogens with zero attached hydrogens (tertiary/aromatic N) is 1. The normalized spacial score (nSPS) is 16.9. The number of nitrogens with one attached hydrogen (secondary N) is 2. The molecule has 1 fully saturated rings. The molecule has 1 saturated heterocycles. The minimum atomic E-state index is -0.0542. The molecule has 110 valence electrons. The number of benzene rings is 1. The zero-order valence-electron chi connectivity index (χ0n) is 12.5. The Hall–Kier alpha value is -1.55. The van der Waals surface area contributed by atoms with Crippen LogP contribution >= 0.6 is 0 Å². The van der Waals surface area contributed by atoms with E-state index in [4.69, 9.17) is 0 Å². The van der Waals surface area contributed by atoms with Crippen molar-refractivity contribution in [3.05, 3.63) is 35.4 Å². The van der Waals surface area contributed by atoms with E-state index >= 15 is 0 Å². The molecule has 0 saturated carbocycles. The zero-order chi connectivity index (χ0) is 14.4. The Labute approximate surface area is 121 Å². The van der Waals surface area contributed by atoms with Gasteiger partial charge in [-0.1, -0.05) is 31.2 Å². The molecule has 4 nitrogen and oxygen atoms in total. The SMILES string of the molecule is CCc1cccc(CNC(=O)NC2CCN(C)CC2)c1. The largest absolute Gasteiger partial charge is 0.335 e. The van der Waals surface area contributed by atoms with Crippen LogP contribution < -0.4 is 10.6 Å². The summed E-state index contributed by atoms with van der Waals surface area (Å²) in [7, 11) is 2.12. The molecule has 1 aromatic rings. The molecule has 1 heterocycles. The second-order valence-electron chi connectivity index (χ2n) is 5.58. The molecule has 0 spiro atoms. The highest BCUT2D eigenvalue weighted by Crippen LogP contribution is 2.08. The first-order valence-electron chi connectivity index (χ1n) is 7.48. The van der Waals surface area contributed by atoms with Crippen molar-refractivity contribution in [2.45, 2.75) is 38.8 Å². The third kappa shape index (κ3) is 4.53. The van der Waals surface area contributed by atoms with Gasteiger partial charge in [0, 0.05) is 12.6 Å². The predicted octanol–water partition coefficient (Wildman–Crippen LogP) is 2.14. The summed E-state index contributed by atoms with van der Waals surface area (Å²) in [5, 5.41) is 6.01. The van der Waals surface area contributed by atoms with Gasteiger partial charge in [0.2, 0.25) is 0 Å². The van der Waals surface area contributed by atoms with Crippen molar-refractivity contribution >= 4 is 6.03 Å². The molecule has 2 rings (SSSR count). The Bertz CT molecular complexity index is 439. The van der Waals surface area contributed by atoms with Crippen LogP contribution in [0.2, 0.25) is 0 Å². The van der Waals surface area contributed by atoms with E-state index in [-0.39, 0.29) is 6.03 Å². The molecule has 4 heteroatoms. The summed E-state index contributed by atoms with van der Waals surface area (Å²) in [4.78, 5) is 14.2. The maximum atomic E-state index is 11.9. The minimum Gasteiger partial charge on any atom is -0.335 e. The number of amides is 2. The fourth-order valence-corrected chi connectivity index (χ4v) is 2.53. The van der Waals surface area contributed by atoms with E-state index in [9.17, 15) is 4.79 Å². The summed E-state index contributed by atoms with van der Waals surface area (Å²) in [6, 6.07) is 8.62. The fourth-order valence-electron chi connectivity index (χ4n) is 2.53. The van der Waals surface area contributed by atoms with E-state index in [0.29, 0.717) is 12.6 Å². The summed E-state index contributed by atoms with van der Waals surface area (Å²) in [6.45, 7) is 4.85. The highest BCUT2D eigenvalue weighted by molar-refractivity contribution is 5.74. The van der Waals surface area contributed by atoms with Crippen LogP contribution in [0.3, 0.4) is 0 Å². The monoisotopic (exact) mass is 275 g/mol. The summed E-state index contributed by atoms with van der Waals surface area (Å²) in [6.07, 6.45) is 3.10. The van der Waals surface area contributed by atoms with Gasteiger partial charge in [-0.05, 0) is 50.5 Å². The molecule has 0 atom stereocenters. The lowest BCUT2D eigenvalue weighted by atomic mass is 10.1. The molecule has 0 radical (unpaired) electrons. The quantitative estimate of drug-likeness (QED) is 0.884. The Balaban J connectivity index is 1.74. The Kier molecular flexibility index (Phi) is 5.41. The van der Waals surface area contributed by atoms with Crippen LogP contribution in [0, 0.1) is 0 Å². The van der Waals surface area contributed by atoms with Gasteiger partial charge in [-0.15, -0.1) is 0 Å². The number of hydrogen-bond donors (Lipinski definition) is 2. The molecule has 1 aromatic carbocycles. The lowest BCUT2D eigenvalue weighted by Crippen LogP contribution is -2.46. The third-order valence-corrected chi connectivity index (χ3v) is 3.91. The molecule has 1 aliphatic rings. The lowest BCUT2D eigenvalue weighted by Gasteiger charge is -2.29. The molecular weight excluding hydrogens is 250 g/mol. The number of urea groups is 1. The average Bonchev–Trinajstić information content (AvgIpc) is 2.48. The molecule has 0 aliphatic carbocycles. The number of aryl methyl sites for hydroxylation is 1. The first kappa shape index (κ1) is 14.9. The fraction of sp³-hybridized carbons (Fsp3) is 0.562. The van der Waals surface area contributed by atoms with Crippen LogP contribution in [0.1, 0.15) is 30.9 Å². The number of carbonyl (C=O) groups excluding carboxylic acids is 1. The van der Waals surface area contributed by atoms with E-state index in [0.717, 1.165) is 37.9 Å². The molecule has 0 aromatic heterocycles. The van der Waals surface area contributed by atoms with E-state index in [1.54, 1.807) is 0 Å². The summed E-state index contributed by atoms with van der Waals surface area (Å²) >= 11 is 0. The minimum absolute atomic E-state index is 0.0542. The van der Waals surface area contributed by atoms with Gasteiger partial charge >= 0.3 is 6.03 Å². The molecule has 2 N–H and O–H groups in total. The number of piperidine rings is 1. The van der Waals surface area contributed by atoms with Crippen LogP contribution in [0.15, 0.2) is 24.3 Å². The van der Waals surface area contributed by atoms with Crippen LogP contribution in [0.4, 0.5) is 4.79 Å². The van der Waals surface area contributed by atoms with Gasteiger partial charge in [-0.25, -0.2) is 4.79 Å². The van der Waals surface area contributed by atoms with Gasteiger partial charge in [-0.2, -0.15) is 0 Å². The molecule has 20 heavy (non-hydrogen) atoms. The van der Waals surface area contributed by atoms with Gasteiger partial charge in [0.05, 0.1) is 0 Å². The summed E-state index contributed by atoms with van der Waals surface area (Å²) in [5.74, 6) is 0. The number of carbonyl (C=O) groups is 1. The maximum absolute atomic E-state index is 11.9. The average molecular weight is 275 g/mol. The van der Waals surface area contributed by atoms with Crippen molar-refractivity contribution < 1.29 is 4.79 Å². The maximum Gasteiger partial charge on any atom is 0.315 e. The van der Waals surface area contributed by atoms with Crippen molar-refractivity contribution in [1.82, 2.24) is 15.5 Å². The van der Waals surface area contributed by atoms with Crippen molar-refractivity contribution in [1.29, 1.82) is 0 Å². The first-order chi connectivity index (χ1) is 9.67.